The van der Waals surface area contributed by atoms with E-state index in [0.717, 1.165) is 15.8 Å². The van der Waals surface area contributed by atoms with Gasteiger partial charge in [-0.25, -0.2) is 4.79 Å². The van der Waals surface area contributed by atoms with E-state index in [-0.39, 0.29) is 18.3 Å². The molecule has 3 aromatic rings. The number of fused-ring (bicyclic) bond motifs is 1. The molecule has 0 aliphatic heterocycles. The van der Waals surface area contributed by atoms with Crippen LogP contribution in [-0.2, 0) is 27.2 Å². The topological polar surface area (TPSA) is 79.1 Å². The van der Waals surface area contributed by atoms with Gasteiger partial charge >= 0.3 is 5.97 Å². The Labute approximate surface area is 184 Å². The second-order valence-electron chi connectivity index (χ2n) is 6.67. The number of hydrogen-bond donors (Lipinski definition) is 0. The minimum Gasteiger partial charge on any atom is -0.497 e. The van der Waals surface area contributed by atoms with Crippen molar-refractivity contribution in [3.63, 3.8) is 0 Å². The number of hydrogen-bond acceptors (Lipinski definition) is 6. The van der Waals surface area contributed by atoms with Crippen LogP contribution in [0.1, 0.15) is 29.8 Å². The Morgan fingerprint density at radius 2 is 1.94 bits per heavy atom. The van der Waals surface area contributed by atoms with Crippen molar-refractivity contribution in [3.05, 3.63) is 58.4 Å². The zero-order chi connectivity index (χ0) is 22.2. The fourth-order valence-corrected chi connectivity index (χ4v) is 4.23. The second-order valence-corrected chi connectivity index (χ2v) is 7.68. The van der Waals surface area contributed by atoms with Gasteiger partial charge in [0.2, 0.25) is 0 Å². The Hall–Kier alpha value is -2.97. The van der Waals surface area contributed by atoms with Crippen molar-refractivity contribution in [2.45, 2.75) is 26.8 Å². The monoisotopic (exact) mass is 442 g/mol. The molecule has 31 heavy (non-hydrogen) atoms. The van der Waals surface area contributed by atoms with E-state index in [1.165, 1.54) is 11.3 Å². The highest BCUT2D eigenvalue weighted by atomic mass is 32.1. The molecule has 1 aromatic heterocycles. The molecule has 7 nitrogen and oxygen atoms in total. The van der Waals surface area contributed by atoms with Gasteiger partial charge in [0.25, 0.3) is 5.91 Å². The fraction of sp³-hybridized carbons (Fsp3) is 0.348. The number of ether oxygens (including phenoxy) is 3. The lowest BCUT2D eigenvalue weighted by Crippen LogP contribution is -2.20. The Bertz CT molecular complexity index is 1130. The van der Waals surface area contributed by atoms with E-state index in [2.05, 4.69) is 4.99 Å². The molecule has 0 aliphatic carbocycles. The maximum absolute atomic E-state index is 12.7. The average Bonchev–Trinajstić information content (AvgIpc) is 3.10. The van der Waals surface area contributed by atoms with E-state index in [0.29, 0.717) is 42.5 Å². The highest BCUT2D eigenvalue weighted by Gasteiger charge is 2.13. The van der Waals surface area contributed by atoms with Crippen molar-refractivity contribution in [2.75, 3.05) is 26.9 Å². The normalized spacial score (nSPS) is 11.6. The minimum atomic E-state index is -0.369. The third-order valence-corrected chi connectivity index (χ3v) is 5.61. The van der Waals surface area contributed by atoms with Crippen LogP contribution in [0.5, 0.6) is 5.75 Å². The summed E-state index contributed by atoms with van der Waals surface area (Å²) >= 11 is 1.37. The number of aromatic nitrogens is 1. The summed E-state index contributed by atoms with van der Waals surface area (Å²) in [5.74, 6) is 0.0762. The lowest BCUT2D eigenvalue weighted by molar-refractivity contribution is -0.117. The lowest BCUT2D eigenvalue weighted by Gasteiger charge is -2.06. The fourth-order valence-electron chi connectivity index (χ4n) is 3.12. The summed E-state index contributed by atoms with van der Waals surface area (Å²) < 4.78 is 18.6. The molecular formula is C23H26N2O5S. The number of carbonyl (C=O) groups excluding carboxylic acids is 2. The van der Waals surface area contributed by atoms with Gasteiger partial charge in [0, 0.05) is 13.2 Å². The number of thiazole rings is 1. The molecule has 0 unspecified atom stereocenters. The maximum Gasteiger partial charge on any atom is 0.338 e. The van der Waals surface area contributed by atoms with E-state index in [4.69, 9.17) is 14.2 Å². The van der Waals surface area contributed by atoms with Crippen molar-refractivity contribution in [1.82, 2.24) is 4.57 Å². The number of nitrogens with zero attached hydrogens (tertiary/aromatic N) is 2. The first kappa shape index (κ1) is 22.7. The van der Waals surface area contributed by atoms with Crippen LogP contribution in [-0.4, -0.2) is 43.4 Å². The lowest BCUT2D eigenvalue weighted by atomic mass is 10.1. The predicted octanol–water partition coefficient (Wildman–Crippen LogP) is 3.59. The van der Waals surface area contributed by atoms with E-state index in [1.54, 1.807) is 26.2 Å². The summed E-state index contributed by atoms with van der Waals surface area (Å²) in [4.78, 5) is 29.7. The van der Waals surface area contributed by atoms with Crippen LogP contribution in [0.2, 0.25) is 0 Å². The highest BCUT2D eigenvalue weighted by molar-refractivity contribution is 7.16. The maximum atomic E-state index is 12.7. The Morgan fingerprint density at radius 3 is 2.68 bits per heavy atom. The van der Waals surface area contributed by atoms with Gasteiger partial charge in [0.1, 0.15) is 5.75 Å². The number of esters is 1. The largest absolute Gasteiger partial charge is 0.497 e. The number of methoxy groups -OCH3 is 1. The van der Waals surface area contributed by atoms with Crippen LogP contribution < -0.4 is 9.54 Å². The molecule has 2 aromatic carbocycles. The van der Waals surface area contributed by atoms with E-state index in [9.17, 15) is 9.59 Å². The van der Waals surface area contributed by atoms with E-state index in [1.807, 2.05) is 41.8 Å². The van der Waals surface area contributed by atoms with E-state index >= 15 is 0 Å². The van der Waals surface area contributed by atoms with Crippen molar-refractivity contribution >= 4 is 33.4 Å². The van der Waals surface area contributed by atoms with Crippen molar-refractivity contribution in [2.24, 2.45) is 4.99 Å². The molecule has 0 saturated heterocycles. The van der Waals surface area contributed by atoms with Crippen LogP contribution in [0.4, 0.5) is 0 Å². The highest BCUT2D eigenvalue weighted by Crippen LogP contribution is 2.20. The molecule has 0 spiro atoms. The standard InChI is InChI=1S/C23H26N2O5S/c1-4-29-12-11-25-19-10-9-17(22(27)30-5-2)15-20(19)31-23(25)24-21(26)14-16-7-6-8-18(13-16)28-3/h6-10,13,15H,4-5,11-12,14H2,1-3H3. The molecule has 0 atom stereocenters. The molecule has 1 amide bonds. The summed E-state index contributed by atoms with van der Waals surface area (Å²) in [6.07, 6.45) is 0.172. The van der Waals surface area contributed by atoms with Gasteiger partial charge < -0.3 is 18.8 Å². The van der Waals surface area contributed by atoms with Gasteiger partial charge in [-0.3, -0.25) is 4.79 Å². The zero-order valence-electron chi connectivity index (χ0n) is 17.9. The molecule has 8 heteroatoms. The smallest absolute Gasteiger partial charge is 0.338 e. The zero-order valence-corrected chi connectivity index (χ0v) is 18.7. The van der Waals surface area contributed by atoms with Crippen LogP contribution in [0.15, 0.2) is 47.5 Å². The first-order valence-corrected chi connectivity index (χ1v) is 11.0. The predicted molar refractivity (Wildman–Crippen MR) is 120 cm³/mol. The number of benzene rings is 2. The Kier molecular flexibility index (Phi) is 7.97. The van der Waals surface area contributed by atoms with Crippen molar-refractivity contribution in [1.29, 1.82) is 0 Å². The van der Waals surface area contributed by atoms with Gasteiger partial charge in [-0.2, -0.15) is 4.99 Å². The van der Waals surface area contributed by atoms with Crippen LogP contribution >= 0.6 is 11.3 Å². The number of amides is 1. The van der Waals surface area contributed by atoms with Crippen LogP contribution in [0.25, 0.3) is 10.2 Å². The second kappa shape index (κ2) is 10.9. The van der Waals surface area contributed by atoms with Gasteiger partial charge in [0.15, 0.2) is 4.80 Å². The van der Waals surface area contributed by atoms with Crippen molar-refractivity contribution in [3.8, 4) is 5.75 Å². The first-order valence-electron chi connectivity index (χ1n) is 10.1. The summed E-state index contributed by atoms with van der Waals surface area (Å²) in [6, 6.07) is 12.7. The molecule has 0 N–H and O–H groups in total. The summed E-state index contributed by atoms with van der Waals surface area (Å²) in [6.45, 7) is 5.68. The summed E-state index contributed by atoms with van der Waals surface area (Å²) in [7, 11) is 1.59. The molecular weight excluding hydrogens is 416 g/mol. The Balaban J connectivity index is 1.96. The molecule has 164 valence electrons. The molecule has 0 bridgehead atoms. The molecule has 0 radical (unpaired) electrons. The van der Waals surface area contributed by atoms with Gasteiger partial charge in [-0.15, -0.1) is 0 Å². The first-order chi connectivity index (χ1) is 15.0. The quantitative estimate of drug-likeness (QED) is 0.374. The third kappa shape index (κ3) is 5.80. The van der Waals surface area contributed by atoms with Gasteiger partial charge in [-0.1, -0.05) is 23.5 Å². The molecule has 3 rings (SSSR count). The number of carbonyl (C=O) groups is 2. The third-order valence-electron chi connectivity index (χ3n) is 4.57. The van der Waals surface area contributed by atoms with Gasteiger partial charge in [-0.05, 0) is 49.7 Å². The SMILES string of the molecule is CCOCCn1c(=NC(=O)Cc2cccc(OC)c2)sc2cc(C(=O)OCC)ccc21. The van der Waals surface area contributed by atoms with E-state index < -0.39 is 0 Å². The number of rotatable bonds is 9. The van der Waals surface area contributed by atoms with Crippen LogP contribution in [0, 0.1) is 0 Å². The van der Waals surface area contributed by atoms with Crippen molar-refractivity contribution < 1.29 is 23.8 Å². The molecule has 1 heterocycles. The molecule has 0 fully saturated rings. The molecule has 0 saturated carbocycles. The minimum absolute atomic E-state index is 0.172. The summed E-state index contributed by atoms with van der Waals surface area (Å²) in [5.41, 5.74) is 2.20. The average molecular weight is 443 g/mol. The summed E-state index contributed by atoms with van der Waals surface area (Å²) in [5, 5.41) is 0. The van der Waals surface area contributed by atoms with Gasteiger partial charge in [0.05, 0.1) is 42.5 Å². The Morgan fingerprint density at radius 1 is 1.10 bits per heavy atom. The molecule has 0 aliphatic rings. The van der Waals surface area contributed by atoms with Crippen LogP contribution in [0.3, 0.4) is 0 Å².